The molecule has 3 fully saturated rings. The van der Waals surface area contributed by atoms with Gasteiger partial charge in [-0.2, -0.15) is 0 Å². The number of anilines is 4. The van der Waals surface area contributed by atoms with Crippen molar-refractivity contribution in [3.05, 3.63) is 111 Å². The van der Waals surface area contributed by atoms with E-state index >= 15 is 0 Å². The number of nitrogen functional groups attached to an aromatic ring is 4. The van der Waals surface area contributed by atoms with Gasteiger partial charge in [-0.05, 0) is 103 Å². The number of ketones is 3. The quantitative estimate of drug-likeness (QED) is 0.0291. The number of aliphatic hydroxyl groups excluding tert-OH is 1. The molecule has 4 aromatic carbocycles. The fraction of sp³-hybridized carbons (Fsp3) is 0.429. The van der Waals surface area contributed by atoms with Crippen LogP contribution in [0.1, 0.15) is 149 Å². The number of β-amino-alcohol motifs (C(OH)–C–C–N with tert-alkyl or cyclic N) is 1. The molecular weight excluding hydrogens is 1240 g/mol. The van der Waals surface area contributed by atoms with Crippen LogP contribution in [-0.4, -0.2) is 108 Å². The molecule has 1 unspecified atom stereocenters. The van der Waals surface area contributed by atoms with Crippen LogP contribution in [0.5, 0.6) is 0 Å². The van der Waals surface area contributed by atoms with Gasteiger partial charge in [-0.15, -0.1) is 0 Å². The number of aldehydes is 1. The van der Waals surface area contributed by atoms with Gasteiger partial charge < -0.3 is 65.6 Å². The third kappa shape index (κ3) is 42.8. The first-order valence-electron chi connectivity index (χ1n) is 22.2. The van der Waals surface area contributed by atoms with Crippen LogP contribution in [0.4, 0.5) is 22.7 Å². The minimum Gasteiger partial charge on any atom is -0.870 e. The summed E-state index contributed by atoms with van der Waals surface area (Å²) in [6, 6.07) is 12.0. The van der Waals surface area contributed by atoms with Crippen LogP contribution in [0.25, 0.3) is 0 Å². The van der Waals surface area contributed by atoms with Crippen molar-refractivity contribution in [2.24, 2.45) is 0 Å². The van der Waals surface area contributed by atoms with Gasteiger partial charge in [0, 0.05) is 34.3 Å². The largest absolute Gasteiger partial charge is 1.00 e. The molecule has 0 amide bonds. The standard InChI is InChI=1S/C12H18Cl2N2O.C12H16Cl2N2O.C8H5Cl2NO2.C8H7Cl2NO.3C3H6.BH2O.Na.H2OSe.4H2O/c2*1-12(2,3)16-6-10(17)7-4-8(13)11(15)9(14)5-7;9-5-1-4(7(13)3-12)2-6(10)8(5)11;1-4(12)5-2-6(9)8(11)7(10)3-5;3*1-2-3-1;1-2;;1-2;;;;/h4-5,10,16-17H,6,15H2,1-3H3;4-5,16H,6,15H2,1-3H3;1-3H,11H2;2-3H,11H2,1H3;3*1-3H2;1-2H;;1-2H;4*1H2/q;;;;;;;;+1;;;;;/p-1. The zero-order valence-corrected chi connectivity index (χ0v) is 54.4. The summed E-state index contributed by atoms with van der Waals surface area (Å²) in [5.41, 5.74) is 24.9. The third-order valence-electron chi connectivity index (χ3n) is 8.51. The Morgan fingerprint density at radius 3 is 1.04 bits per heavy atom. The van der Waals surface area contributed by atoms with Crippen LogP contribution in [0.15, 0.2) is 48.5 Å². The Morgan fingerprint density at radius 1 is 0.558 bits per heavy atom. The van der Waals surface area contributed by atoms with Crippen LogP contribution < -0.4 is 63.1 Å². The smallest absolute Gasteiger partial charge is 0.870 e. The summed E-state index contributed by atoms with van der Waals surface area (Å²) in [6.45, 7) is 14.2. The maximum Gasteiger partial charge on any atom is 1.00 e. The Balaban J connectivity index is -0.000000154. The molecule has 17 nitrogen and oxygen atoms in total. The molecule has 3 aliphatic rings. The molecule has 20 N–H and O–H groups in total. The van der Waals surface area contributed by atoms with Crippen molar-refractivity contribution in [1.29, 1.82) is 0 Å². The molecule has 0 saturated heterocycles. The molecule has 1 radical (unpaired) electrons. The first-order valence-corrected chi connectivity index (χ1v) is 26.1. The Kier molecular flexibility index (Phi) is 54.2. The van der Waals surface area contributed by atoms with Gasteiger partial charge in [0.05, 0.1) is 75.6 Å². The van der Waals surface area contributed by atoms with Gasteiger partial charge in [0.1, 0.15) is 0 Å². The van der Waals surface area contributed by atoms with E-state index in [4.69, 9.17) is 125 Å². The van der Waals surface area contributed by atoms with Gasteiger partial charge in [0.25, 0.3) is 8.05 Å². The number of carbonyl (C=O) groups excluding carboxylic acids is 4. The molecule has 1 atom stereocenters. The fourth-order valence-electron chi connectivity index (χ4n) is 4.09. The van der Waals surface area contributed by atoms with E-state index < -0.39 is 11.9 Å². The number of nitrogens with two attached hydrogens (primary N) is 4. The van der Waals surface area contributed by atoms with Crippen molar-refractivity contribution >= 4 is 164 Å². The minimum atomic E-state index is -0.677. The van der Waals surface area contributed by atoms with Crippen LogP contribution in [0.2, 0.25) is 40.2 Å². The number of hydrogen-bond donors (Lipinski definition) is 9. The number of aliphatic hydroxyl groups is 1. The number of carbonyl (C=O) groups is 4. The van der Waals surface area contributed by atoms with Gasteiger partial charge in [0.15, 0.2) is 17.9 Å². The average Bonchev–Trinajstić information content (AvgIpc) is 4.13. The molecule has 77 heavy (non-hydrogen) atoms. The monoisotopic (exact) mass is 1320 g/mol. The van der Waals surface area contributed by atoms with Crippen LogP contribution in [0, 0.1) is 0 Å². The van der Waals surface area contributed by atoms with Crippen LogP contribution >= 0.6 is 92.8 Å². The molecular formula is C49H75BCl8N6NaO11Se. The number of rotatable bonds is 9. The van der Waals surface area contributed by atoms with Crippen molar-refractivity contribution < 1.29 is 85.0 Å². The summed E-state index contributed by atoms with van der Waals surface area (Å²) in [5.74, 6) is -0.827. The molecule has 3 aliphatic carbocycles. The molecule has 3 saturated carbocycles. The number of hydrogen-bond acceptors (Lipinski definition) is 14. The summed E-state index contributed by atoms with van der Waals surface area (Å²) in [6.07, 6.45) is 13.0. The zero-order valence-electron chi connectivity index (χ0n) is 44.5. The molecule has 0 aromatic heterocycles. The molecule has 0 aliphatic heterocycles. The topological polar surface area (TPSA) is 382 Å². The number of benzene rings is 4. The summed E-state index contributed by atoms with van der Waals surface area (Å²) in [5, 5.41) is 25.4. The van der Waals surface area contributed by atoms with Gasteiger partial charge in [0.2, 0.25) is 5.78 Å². The van der Waals surface area contributed by atoms with E-state index in [0.717, 1.165) is 0 Å². The van der Waals surface area contributed by atoms with Crippen molar-refractivity contribution in [3.8, 4) is 0 Å². The second-order valence-corrected chi connectivity index (χ2v) is 21.1. The summed E-state index contributed by atoms with van der Waals surface area (Å²) < 4.78 is 6.94. The van der Waals surface area contributed by atoms with E-state index in [1.807, 2.05) is 41.5 Å². The summed E-state index contributed by atoms with van der Waals surface area (Å²) in [4.78, 5) is 43.8. The van der Waals surface area contributed by atoms with Crippen LogP contribution in [-0.2, 0) is 4.79 Å². The molecule has 4 aromatic rings. The molecule has 0 bridgehead atoms. The maximum absolute atomic E-state index is 11.9. The first kappa shape index (κ1) is 89.1. The zero-order chi connectivity index (χ0) is 56.1. The SMILES string of the molecule is C1CC1.C1CC1.C1CC1.CC(=O)c1cc(Cl)c(N)c(Cl)c1.CC(C)(C)NCC(=O)c1cc(Cl)c(N)c(Cl)c1.CC(C)(C)NCC(O)c1cc(Cl)c(N)c(Cl)c1.Nc1c(Cl)cc(C(=O)C=O)cc1Cl.O.O.O.O[SeH].[BH]O.[Na+].[OH-]. The number of nitrogens with one attached hydrogen (secondary N) is 2. The van der Waals surface area contributed by atoms with Crippen molar-refractivity contribution in [2.75, 3.05) is 36.0 Å². The van der Waals surface area contributed by atoms with E-state index in [1.165, 1.54) is 117 Å². The van der Waals surface area contributed by atoms with Gasteiger partial charge in [-0.1, -0.05) is 151 Å². The third-order valence-corrected chi connectivity index (χ3v) is 11.0. The second-order valence-electron chi connectivity index (χ2n) is 17.9. The minimum absolute atomic E-state index is 0. The summed E-state index contributed by atoms with van der Waals surface area (Å²) in [7, 11) is 2.25. The van der Waals surface area contributed by atoms with E-state index in [0.29, 0.717) is 70.4 Å². The van der Waals surface area contributed by atoms with Crippen molar-refractivity contribution in [2.45, 2.75) is 123 Å². The molecule has 0 heterocycles. The Labute approximate surface area is 524 Å². The number of halogens is 8. The maximum atomic E-state index is 11.9. The normalized spacial score (nSPS) is 11.7. The van der Waals surface area contributed by atoms with E-state index in [-0.39, 0.29) is 108 Å². The van der Waals surface area contributed by atoms with Crippen molar-refractivity contribution in [1.82, 2.24) is 10.6 Å². The van der Waals surface area contributed by atoms with E-state index in [9.17, 15) is 24.3 Å². The first-order chi connectivity index (χ1) is 33.5. The van der Waals surface area contributed by atoms with Gasteiger partial charge in [-0.3, -0.25) is 19.2 Å². The van der Waals surface area contributed by atoms with Gasteiger partial charge >= 0.3 is 50.1 Å². The number of Topliss-reactive ketones (excluding diaryl/α,β-unsaturated/α-hetero) is 3. The summed E-state index contributed by atoms with van der Waals surface area (Å²) >= 11 is 47.6. The average molecular weight is 1320 g/mol. The van der Waals surface area contributed by atoms with E-state index in [2.05, 4.69) is 18.7 Å². The molecule has 433 valence electrons. The van der Waals surface area contributed by atoms with Crippen LogP contribution in [0.3, 0.4) is 0 Å². The molecule has 28 heteroatoms. The predicted molar refractivity (Wildman–Crippen MR) is 322 cm³/mol. The Hall–Kier alpha value is -1.70. The molecule has 7 rings (SSSR count). The molecule has 0 spiro atoms. The predicted octanol–water partition coefficient (Wildman–Crippen LogP) is 6.33. The van der Waals surface area contributed by atoms with Crippen molar-refractivity contribution in [3.63, 3.8) is 0 Å². The second kappa shape index (κ2) is 46.9. The Bertz CT molecular complexity index is 2240. The fourth-order valence-corrected chi connectivity index (χ4v) is 6.06. The van der Waals surface area contributed by atoms with Gasteiger partial charge in [-0.25, -0.2) is 0 Å². The van der Waals surface area contributed by atoms with E-state index in [1.54, 1.807) is 12.1 Å². The Morgan fingerprint density at radius 2 is 0.805 bits per heavy atom.